The summed E-state index contributed by atoms with van der Waals surface area (Å²) in [5.41, 5.74) is -0.0662. The van der Waals surface area contributed by atoms with E-state index >= 15 is 0 Å². The molecule has 2 saturated heterocycles. The molecule has 2 nitrogen and oxygen atoms in total. The highest BCUT2D eigenvalue weighted by Crippen LogP contribution is 2.55. The second-order valence-corrected chi connectivity index (χ2v) is 9.50. The molecule has 3 fully saturated rings. The predicted octanol–water partition coefficient (Wildman–Crippen LogP) is 3.87. The molecule has 1 spiro atoms. The Morgan fingerprint density at radius 2 is 1.85 bits per heavy atom. The van der Waals surface area contributed by atoms with Gasteiger partial charge in [-0.15, -0.1) is 0 Å². The SMILES string of the molecule is CC1CC(C)(C)CC1(O)C1CCOC2(CCSCC2)C1. The van der Waals surface area contributed by atoms with Gasteiger partial charge in [0.1, 0.15) is 0 Å². The van der Waals surface area contributed by atoms with Crippen molar-refractivity contribution in [1.29, 1.82) is 0 Å². The summed E-state index contributed by atoms with van der Waals surface area (Å²) in [5, 5.41) is 11.4. The standard InChI is InChI=1S/C17H30O2S/c1-13-10-15(2,3)12-17(13,18)14-4-7-19-16(11-14)5-8-20-9-6-16/h13-14,18H,4-12H2,1-3H3. The fourth-order valence-corrected chi connectivity index (χ4v) is 6.35. The van der Waals surface area contributed by atoms with Crippen molar-refractivity contribution in [2.75, 3.05) is 18.1 Å². The van der Waals surface area contributed by atoms with Crippen LogP contribution in [-0.2, 0) is 4.74 Å². The maximum Gasteiger partial charge on any atom is 0.0708 e. The Hall–Kier alpha value is 0.270. The van der Waals surface area contributed by atoms with Crippen LogP contribution in [0.25, 0.3) is 0 Å². The molecule has 2 aliphatic heterocycles. The molecule has 1 N–H and O–H groups in total. The first-order chi connectivity index (χ1) is 9.35. The average molecular weight is 298 g/mol. The van der Waals surface area contributed by atoms with E-state index in [9.17, 15) is 5.11 Å². The Balaban J connectivity index is 1.76. The molecule has 0 aromatic carbocycles. The number of hydrogen-bond acceptors (Lipinski definition) is 3. The fraction of sp³-hybridized carbons (Fsp3) is 1.00. The van der Waals surface area contributed by atoms with Gasteiger partial charge < -0.3 is 9.84 Å². The van der Waals surface area contributed by atoms with Gasteiger partial charge in [-0.05, 0) is 67.3 Å². The van der Waals surface area contributed by atoms with Crippen LogP contribution < -0.4 is 0 Å². The average Bonchev–Trinajstić information content (AvgIpc) is 2.60. The lowest BCUT2D eigenvalue weighted by atomic mass is 9.70. The lowest BCUT2D eigenvalue weighted by molar-refractivity contribution is -0.156. The normalized spacial score (nSPS) is 43.8. The molecule has 20 heavy (non-hydrogen) atoms. The van der Waals surface area contributed by atoms with Crippen LogP contribution in [0.2, 0.25) is 0 Å². The quantitative estimate of drug-likeness (QED) is 0.797. The zero-order valence-electron chi connectivity index (χ0n) is 13.3. The number of hydrogen-bond donors (Lipinski definition) is 1. The Morgan fingerprint density at radius 1 is 1.15 bits per heavy atom. The third-order valence-electron chi connectivity index (χ3n) is 6.08. The summed E-state index contributed by atoms with van der Waals surface area (Å²) in [5.74, 6) is 3.32. The van der Waals surface area contributed by atoms with Gasteiger partial charge in [-0.2, -0.15) is 11.8 Å². The van der Waals surface area contributed by atoms with Crippen molar-refractivity contribution in [3.05, 3.63) is 0 Å². The molecule has 2 heterocycles. The third-order valence-corrected chi connectivity index (χ3v) is 7.06. The van der Waals surface area contributed by atoms with Gasteiger partial charge in [-0.1, -0.05) is 20.8 Å². The van der Waals surface area contributed by atoms with Gasteiger partial charge in [0.2, 0.25) is 0 Å². The molecule has 116 valence electrons. The molecular weight excluding hydrogens is 268 g/mol. The summed E-state index contributed by atoms with van der Waals surface area (Å²) in [6.45, 7) is 7.74. The van der Waals surface area contributed by atoms with Gasteiger partial charge in [0.05, 0.1) is 11.2 Å². The van der Waals surface area contributed by atoms with Crippen molar-refractivity contribution in [3.63, 3.8) is 0 Å². The molecule has 0 aromatic heterocycles. The van der Waals surface area contributed by atoms with Crippen molar-refractivity contribution in [3.8, 4) is 0 Å². The molecule has 0 aromatic rings. The van der Waals surface area contributed by atoms with E-state index in [1.807, 2.05) is 0 Å². The lowest BCUT2D eigenvalue weighted by Crippen LogP contribution is -2.51. The second kappa shape index (κ2) is 5.17. The summed E-state index contributed by atoms with van der Waals surface area (Å²) in [6.07, 6.45) is 6.63. The molecule has 1 saturated carbocycles. The zero-order valence-corrected chi connectivity index (χ0v) is 14.1. The largest absolute Gasteiger partial charge is 0.389 e. The molecule has 0 bridgehead atoms. The number of rotatable bonds is 1. The second-order valence-electron chi connectivity index (χ2n) is 8.27. The Kier molecular flexibility index (Phi) is 3.92. The molecule has 3 heteroatoms. The van der Waals surface area contributed by atoms with Crippen molar-refractivity contribution in [2.24, 2.45) is 17.3 Å². The van der Waals surface area contributed by atoms with Crippen molar-refractivity contribution in [1.82, 2.24) is 0 Å². The van der Waals surface area contributed by atoms with E-state index in [-0.39, 0.29) is 5.60 Å². The van der Waals surface area contributed by atoms with Crippen LogP contribution in [0.3, 0.4) is 0 Å². The van der Waals surface area contributed by atoms with E-state index in [4.69, 9.17) is 4.74 Å². The first-order valence-corrected chi connectivity index (χ1v) is 9.45. The minimum absolute atomic E-state index is 0.0936. The van der Waals surface area contributed by atoms with E-state index in [1.165, 1.54) is 24.3 Å². The summed E-state index contributed by atoms with van der Waals surface area (Å²) in [4.78, 5) is 0. The van der Waals surface area contributed by atoms with Crippen molar-refractivity contribution < 1.29 is 9.84 Å². The van der Waals surface area contributed by atoms with E-state index in [0.29, 0.717) is 17.3 Å². The number of ether oxygens (including phenoxy) is 1. The van der Waals surface area contributed by atoms with Gasteiger partial charge in [0, 0.05) is 6.61 Å². The smallest absolute Gasteiger partial charge is 0.0708 e. The first kappa shape index (κ1) is 15.2. The van der Waals surface area contributed by atoms with Crippen LogP contribution in [0.1, 0.15) is 59.3 Å². The Labute approximate surface area is 128 Å². The lowest BCUT2D eigenvalue weighted by Gasteiger charge is -2.48. The van der Waals surface area contributed by atoms with E-state index in [2.05, 4.69) is 32.5 Å². The van der Waals surface area contributed by atoms with Crippen LogP contribution >= 0.6 is 11.8 Å². The zero-order chi connectivity index (χ0) is 14.4. The van der Waals surface area contributed by atoms with E-state index in [0.717, 1.165) is 32.3 Å². The van der Waals surface area contributed by atoms with E-state index in [1.54, 1.807) is 0 Å². The maximum atomic E-state index is 11.4. The molecular formula is C17H30O2S. The molecule has 3 rings (SSSR count). The number of thioether (sulfide) groups is 1. The fourth-order valence-electron chi connectivity index (χ4n) is 5.11. The van der Waals surface area contributed by atoms with Crippen LogP contribution in [0.15, 0.2) is 0 Å². The Bertz CT molecular complexity index is 356. The molecule has 1 aliphatic carbocycles. The third kappa shape index (κ3) is 2.66. The van der Waals surface area contributed by atoms with Crippen LogP contribution in [0, 0.1) is 17.3 Å². The number of aliphatic hydroxyl groups is 1. The summed E-state index contributed by atoms with van der Waals surface area (Å²) in [6, 6.07) is 0. The van der Waals surface area contributed by atoms with Gasteiger partial charge in [-0.25, -0.2) is 0 Å². The Morgan fingerprint density at radius 3 is 2.45 bits per heavy atom. The van der Waals surface area contributed by atoms with Crippen molar-refractivity contribution in [2.45, 2.75) is 70.5 Å². The van der Waals surface area contributed by atoms with Crippen LogP contribution in [0.5, 0.6) is 0 Å². The monoisotopic (exact) mass is 298 g/mol. The summed E-state index contributed by atoms with van der Waals surface area (Å²) >= 11 is 2.05. The highest BCUT2D eigenvalue weighted by atomic mass is 32.2. The highest BCUT2D eigenvalue weighted by molar-refractivity contribution is 7.99. The maximum absolute atomic E-state index is 11.4. The first-order valence-electron chi connectivity index (χ1n) is 8.29. The van der Waals surface area contributed by atoms with Crippen molar-refractivity contribution >= 4 is 11.8 Å². The van der Waals surface area contributed by atoms with Gasteiger partial charge in [0.15, 0.2) is 0 Å². The van der Waals surface area contributed by atoms with E-state index < -0.39 is 5.60 Å². The summed E-state index contributed by atoms with van der Waals surface area (Å²) < 4.78 is 6.20. The minimum Gasteiger partial charge on any atom is -0.389 e. The highest BCUT2D eigenvalue weighted by Gasteiger charge is 2.54. The minimum atomic E-state index is -0.454. The molecule has 0 amide bonds. The predicted molar refractivity (Wildman–Crippen MR) is 85.1 cm³/mol. The van der Waals surface area contributed by atoms with Gasteiger partial charge in [0.25, 0.3) is 0 Å². The topological polar surface area (TPSA) is 29.5 Å². The summed E-state index contributed by atoms with van der Waals surface area (Å²) in [7, 11) is 0. The van der Waals surface area contributed by atoms with Gasteiger partial charge in [-0.3, -0.25) is 0 Å². The molecule has 0 radical (unpaired) electrons. The van der Waals surface area contributed by atoms with Gasteiger partial charge >= 0.3 is 0 Å². The molecule has 3 unspecified atom stereocenters. The van der Waals surface area contributed by atoms with Crippen LogP contribution in [-0.4, -0.2) is 34.4 Å². The molecule has 3 atom stereocenters. The van der Waals surface area contributed by atoms with Crippen LogP contribution in [0.4, 0.5) is 0 Å². The molecule has 3 aliphatic rings.